The Kier molecular flexibility index (Phi) is 4.58. The smallest absolute Gasteiger partial charge is 0.293 e. The van der Waals surface area contributed by atoms with Crippen LogP contribution in [-0.2, 0) is 6.54 Å². The molecule has 0 spiro atoms. The van der Waals surface area contributed by atoms with Gasteiger partial charge in [-0.15, -0.1) is 0 Å². The number of rotatable bonds is 4. The second-order valence-corrected chi connectivity index (χ2v) is 5.46. The fraction of sp³-hybridized carbons (Fsp3) is 0.714. The highest BCUT2D eigenvalue weighted by Crippen LogP contribution is 2.24. The van der Waals surface area contributed by atoms with Crippen LogP contribution >= 0.6 is 0 Å². The molecule has 0 radical (unpaired) electrons. The first-order chi connectivity index (χ1) is 9.17. The van der Waals surface area contributed by atoms with Crippen LogP contribution in [0.25, 0.3) is 0 Å². The second-order valence-electron chi connectivity index (χ2n) is 5.46. The van der Waals surface area contributed by atoms with E-state index in [4.69, 9.17) is 5.73 Å². The number of nitrogens with two attached hydrogens (primary N) is 1. The molecule has 2 rings (SSSR count). The highest BCUT2D eigenvalue weighted by molar-refractivity contribution is 5.36. The minimum absolute atomic E-state index is 0.0228. The predicted octanol–water partition coefficient (Wildman–Crippen LogP) is 1.07. The van der Waals surface area contributed by atoms with Crippen molar-refractivity contribution in [2.75, 3.05) is 24.5 Å². The minimum Gasteiger partial charge on any atom is -0.352 e. The van der Waals surface area contributed by atoms with Crippen LogP contribution in [-0.4, -0.2) is 29.2 Å². The van der Waals surface area contributed by atoms with Crippen molar-refractivity contribution in [2.45, 2.75) is 33.2 Å². The van der Waals surface area contributed by atoms with Crippen LogP contribution in [0.1, 0.15) is 26.7 Å². The van der Waals surface area contributed by atoms with Crippen molar-refractivity contribution < 1.29 is 0 Å². The zero-order valence-corrected chi connectivity index (χ0v) is 11.9. The molecule has 0 bridgehead atoms. The van der Waals surface area contributed by atoms with Crippen molar-refractivity contribution >= 4 is 5.82 Å². The third-order valence-corrected chi connectivity index (χ3v) is 4.08. The summed E-state index contributed by atoms with van der Waals surface area (Å²) >= 11 is 0. The summed E-state index contributed by atoms with van der Waals surface area (Å²) in [5, 5.41) is 0. The molecule has 0 aliphatic carbocycles. The molecule has 2 heterocycles. The molecule has 5 heteroatoms. The molecular formula is C14H24N4O. The molecule has 1 aromatic heterocycles. The summed E-state index contributed by atoms with van der Waals surface area (Å²) in [6.45, 7) is 7.47. The first kappa shape index (κ1) is 14.1. The van der Waals surface area contributed by atoms with Gasteiger partial charge in [0, 0.05) is 32.0 Å². The van der Waals surface area contributed by atoms with Gasteiger partial charge in [-0.3, -0.25) is 4.79 Å². The Balaban J connectivity index is 2.22. The SMILES string of the molecule is CCCn1ccnc(N2CCC(C)C(CN)C2)c1=O. The van der Waals surface area contributed by atoms with Crippen LogP contribution in [0.4, 0.5) is 5.82 Å². The van der Waals surface area contributed by atoms with Gasteiger partial charge in [0.1, 0.15) is 0 Å². The van der Waals surface area contributed by atoms with E-state index in [-0.39, 0.29) is 5.56 Å². The summed E-state index contributed by atoms with van der Waals surface area (Å²) in [6.07, 6.45) is 5.52. The van der Waals surface area contributed by atoms with E-state index in [2.05, 4.69) is 23.7 Å². The van der Waals surface area contributed by atoms with E-state index in [0.717, 1.165) is 32.5 Å². The number of aryl methyl sites for hydroxylation is 1. The van der Waals surface area contributed by atoms with Gasteiger partial charge in [0.05, 0.1) is 0 Å². The molecular weight excluding hydrogens is 240 g/mol. The molecule has 2 N–H and O–H groups in total. The second kappa shape index (κ2) is 6.19. The topological polar surface area (TPSA) is 64.2 Å². The largest absolute Gasteiger partial charge is 0.352 e. The van der Waals surface area contributed by atoms with Crippen LogP contribution in [0.5, 0.6) is 0 Å². The molecule has 1 aliphatic heterocycles. The van der Waals surface area contributed by atoms with Gasteiger partial charge >= 0.3 is 0 Å². The maximum absolute atomic E-state index is 12.4. The lowest BCUT2D eigenvalue weighted by Crippen LogP contribution is -2.45. The Morgan fingerprint density at radius 3 is 3.00 bits per heavy atom. The summed E-state index contributed by atoms with van der Waals surface area (Å²) in [4.78, 5) is 18.8. The van der Waals surface area contributed by atoms with Crippen LogP contribution < -0.4 is 16.2 Å². The first-order valence-corrected chi connectivity index (χ1v) is 7.17. The molecule has 1 aliphatic rings. The number of piperidine rings is 1. The van der Waals surface area contributed by atoms with E-state index in [0.29, 0.717) is 24.2 Å². The number of hydrogen-bond donors (Lipinski definition) is 1. The van der Waals surface area contributed by atoms with Gasteiger partial charge in [0.15, 0.2) is 5.82 Å². The lowest BCUT2D eigenvalue weighted by atomic mass is 9.87. The molecule has 5 nitrogen and oxygen atoms in total. The van der Waals surface area contributed by atoms with Gasteiger partial charge in [0.2, 0.25) is 0 Å². The number of hydrogen-bond acceptors (Lipinski definition) is 4. The van der Waals surface area contributed by atoms with Crippen LogP contribution in [0.15, 0.2) is 17.2 Å². The number of nitrogens with zero attached hydrogens (tertiary/aromatic N) is 3. The predicted molar refractivity (Wildman–Crippen MR) is 77.3 cm³/mol. The standard InChI is InChI=1S/C14H24N4O/c1-3-6-17-8-5-16-13(14(17)19)18-7-4-11(2)12(9-15)10-18/h5,8,11-12H,3-4,6-7,9-10,15H2,1-2H3. The van der Waals surface area contributed by atoms with Gasteiger partial charge in [-0.2, -0.15) is 0 Å². The number of aromatic nitrogens is 2. The van der Waals surface area contributed by atoms with E-state index in [1.165, 1.54) is 0 Å². The zero-order chi connectivity index (χ0) is 13.8. The summed E-state index contributed by atoms with van der Waals surface area (Å²) in [7, 11) is 0. The van der Waals surface area contributed by atoms with Crippen molar-refractivity contribution in [3.63, 3.8) is 0 Å². The molecule has 2 unspecified atom stereocenters. The maximum Gasteiger partial charge on any atom is 0.293 e. The third kappa shape index (κ3) is 2.97. The molecule has 0 aromatic carbocycles. The minimum atomic E-state index is 0.0228. The van der Waals surface area contributed by atoms with Gasteiger partial charge in [-0.05, 0) is 31.2 Å². The van der Waals surface area contributed by atoms with E-state index in [1.54, 1.807) is 17.0 Å². The molecule has 1 aromatic rings. The maximum atomic E-state index is 12.4. The molecule has 19 heavy (non-hydrogen) atoms. The normalized spacial score (nSPS) is 23.6. The van der Waals surface area contributed by atoms with Gasteiger partial charge in [0.25, 0.3) is 5.56 Å². The fourth-order valence-electron chi connectivity index (χ4n) is 2.72. The zero-order valence-electron chi connectivity index (χ0n) is 11.9. The molecule has 1 saturated heterocycles. The van der Waals surface area contributed by atoms with Crippen LogP contribution in [0.3, 0.4) is 0 Å². The Labute approximate surface area is 114 Å². The van der Waals surface area contributed by atoms with Crippen molar-refractivity contribution in [3.8, 4) is 0 Å². The van der Waals surface area contributed by atoms with Gasteiger partial charge in [-0.25, -0.2) is 4.98 Å². The van der Waals surface area contributed by atoms with Crippen LogP contribution in [0, 0.1) is 11.8 Å². The van der Waals surface area contributed by atoms with Gasteiger partial charge < -0.3 is 15.2 Å². The van der Waals surface area contributed by atoms with Crippen LogP contribution in [0.2, 0.25) is 0 Å². The lowest BCUT2D eigenvalue weighted by Gasteiger charge is -2.36. The van der Waals surface area contributed by atoms with Crippen molar-refractivity contribution in [3.05, 3.63) is 22.7 Å². The molecule has 106 valence electrons. The van der Waals surface area contributed by atoms with E-state index < -0.39 is 0 Å². The first-order valence-electron chi connectivity index (χ1n) is 7.17. The third-order valence-electron chi connectivity index (χ3n) is 4.08. The Morgan fingerprint density at radius 2 is 2.32 bits per heavy atom. The van der Waals surface area contributed by atoms with Crippen molar-refractivity contribution in [1.29, 1.82) is 0 Å². The van der Waals surface area contributed by atoms with Gasteiger partial charge in [-0.1, -0.05) is 13.8 Å². The Morgan fingerprint density at radius 1 is 1.53 bits per heavy atom. The average Bonchev–Trinajstić information content (AvgIpc) is 2.42. The number of anilines is 1. The quantitative estimate of drug-likeness (QED) is 0.883. The van der Waals surface area contributed by atoms with E-state index in [1.807, 2.05) is 0 Å². The van der Waals surface area contributed by atoms with E-state index >= 15 is 0 Å². The molecule has 2 atom stereocenters. The summed E-state index contributed by atoms with van der Waals surface area (Å²) in [5.74, 6) is 1.67. The molecule has 1 fully saturated rings. The average molecular weight is 264 g/mol. The summed E-state index contributed by atoms with van der Waals surface area (Å²) < 4.78 is 1.75. The summed E-state index contributed by atoms with van der Waals surface area (Å²) in [6, 6.07) is 0. The highest BCUT2D eigenvalue weighted by Gasteiger charge is 2.27. The Hall–Kier alpha value is -1.36. The fourth-order valence-corrected chi connectivity index (χ4v) is 2.72. The lowest BCUT2D eigenvalue weighted by molar-refractivity contribution is 0.306. The van der Waals surface area contributed by atoms with Crippen molar-refractivity contribution in [1.82, 2.24) is 9.55 Å². The van der Waals surface area contributed by atoms with Crippen molar-refractivity contribution in [2.24, 2.45) is 17.6 Å². The monoisotopic (exact) mass is 264 g/mol. The highest BCUT2D eigenvalue weighted by atomic mass is 16.1. The molecule has 0 saturated carbocycles. The summed E-state index contributed by atoms with van der Waals surface area (Å²) in [5.41, 5.74) is 5.84. The van der Waals surface area contributed by atoms with E-state index in [9.17, 15) is 4.79 Å². The molecule has 0 amide bonds. The Bertz CT molecular complexity index is 471.